The first-order valence-electron chi connectivity index (χ1n) is 7.27. The van der Waals surface area contributed by atoms with Crippen LogP contribution in [-0.4, -0.2) is 20.7 Å². The van der Waals surface area contributed by atoms with Crippen LogP contribution in [-0.2, 0) is 13.1 Å². The molecule has 0 saturated carbocycles. The first-order valence-corrected chi connectivity index (χ1v) is 8.03. The standard InChI is InChI=1S/C17H14Cl2N4O/c18-14-5-6-15(19)22-16(14)17(24)20-10-12-3-1-4-13(9-12)11-23-8-2-7-21-23/h1-9H,10-11H2,(H,20,24). The number of amides is 1. The highest BCUT2D eigenvalue weighted by atomic mass is 35.5. The fraction of sp³-hybridized carbons (Fsp3) is 0.118. The van der Waals surface area contributed by atoms with Crippen molar-refractivity contribution in [3.05, 3.63) is 81.9 Å². The predicted octanol–water partition coefficient (Wildman–Crippen LogP) is 3.56. The maximum atomic E-state index is 12.2. The summed E-state index contributed by atoms with van der Waals surface area (Å²) in [6.07, 6.45) is 3.65. The zero-order valence-corrected chi connectivity index (χ0v) is 14.1. The number of benzene rings is 1. The van der Waals surface area contributed by atoms with E-state index in [-0.39, 0.29) is 21.8 Å². The van der Waals surface area contributed by atoms with Crippen LogP contribution in [0.5, 0.6) is 0 Å². The van der Waals surface area contributed by atoms with Gasteiger partial charge in [-0.15, -0.1) is 0 Å². The molecule has 5 nitrogen and oxygen atoms in total. The Kier molecular flexibility index (Phi) is 5.13. The van der Waals surface area contributed by atoms with Gasteiger partial charge >= 0.3 is 0 Å². The molecule has 0 saturated heterocycles. The van der Waals surface area contributed by atoms with Gasteiger partial charge in [-0.3, -0.25) is 9.48 Å². The van der Waals surface area contributed by atoms with E-state index in [0.717, 1.165) is 11.1 Å². The highest BCUT2D eigenvalue weighted by molar-refractivity contribution is 6.34. The first-order chi connectivity index (χ1) is 11.6. The normalized spacial score (nSPS) is 10.6. The molecule has 1 aromatic carbocycles. The maximum Gasteiger partial charge on any atom is 0.271 e. The van der Waals surface area contributed by atoms with Crippen molar-refractivity contribution in [2.45, 2.75) is 13.1 Å². The van der Waals surface area contributed by atoms with E-state index in [1.54, 1.807) is 18.3 Å². The summed E-state index contributed by atoms with van der Waals surface area (Å²) in [6, 6.07) is 12.9. The number of rotatable bonds is 5. The molecule has 3 rings (SSSR count). The van der Waals surface area contributed by atoms with E-state index < -0.39 is 0 Å². The molecule has 0 unspecified atom stereocenters. The summed E-state index contributed by atoms with van der Waals surface area (Å²) in [7, 11) is 0. The molecule has 1 amide bonds. The molecule has 0 atom stereocenters. The van der Waals surface area contributed by atoms with Gasteiger partial charge < -0.3 is 5.32 Å². The minimum atomic E-state index is -0.361. The molecular formula is C17H14Cl2N4O. The summed E-state index contributed by atoms with van der Waals surface area (Å²) in [5.74, 6) is -0.361. The molecule has 24 heavy (non-hydrogen) atoms. The quantitative estimate of drug-likeness (QED) is 0.707. The van der Waals surface area contributed by atoms with Crippen LogP contribution in [0.3, 0.4) is 0 Å². The van der Waals surface area contributed by atoms with E-state index in [9.17, 15) is 4.79 Å². The van der Waals surface area contributed by atoms with Crippen molar-refractivity contribution >= 4 is 29.1 Å². The van der Waals surface area contributed by atoms with Crippen molar-refractivity contribution < 1.29 is 4.79 Å². The average Bonchev–Trinajstić information content (AvgIpc) is 3.08. The van der Waals surface area contributed by atoms with E-state index in [4.69, 9.17) is 23.2 Å². The predicted molar refractivity (Wildman–Crippen MR) is 93.2 cm³/mol. The van der Waals surface area contributed by atoms with Gasteiger partial charge in [-0.2, -0.15) is 5.10 Å². The van der Waals surface area contributed by atoms with Crippen molar-refractivity contribution in [2.24, 2.45) is 0 Å². The van der Waals surface area contributed by atoms with Crippen LogP contribution >= 0.6 is 23.2 Å². The first kappa shape index (κ1) is 16.5. The second-order valence-corrected chi connectivity index (χ2v) is 5.97. The summed E-state index contributed by atoms with van der Waals surface area (Å²) in [4.78, 5) is 16.2. The molecule has 0 radical (unpaired) electrons. The largest absolute Gasteiger partial charge is 0.347 e. The van der Waals surface area contributed by atoms with Crippen LogP contribution < -0.4 is 5.32 Å². The Balaban J connectivity index is 1.66. The Bertz CT molecular complexity index is 850. The van der Waals surface area contributed by atoms with Crippen molar-refractivity contribution in [3.63, 3.8) is 0 Å². The molecule has 1 N–H and O–H groups in total. The number of hydrogen-bond donors (Lipinski definition) is 1. The summed E-state index contributed by atoms with van der Waals surface area (Å²) in [6.45, 7) is 1.05. The molecule has 0 aliphatic heterocycles. The van der Waals surface area contributed by atoms with Gasteiger partial charge in [0.2, 0.25) is 0 Å². The summed E-state index contributed by atoms with van der Waals surface area (Å²) in [5.41, 5.74) is 2.20. The van der Waals surface area contributed by atoms with Crippen LogP contribution in [0.4, 0.5) is 0 Å². The van der Waals surface area contributed by atoms with Crippen molar-refractivity contribution in [3.8, 4) is 0 Å². The minimum Gasteiger partial charge on any atom is -0.347 e. The van der Waals surface area contributed by atoms with Gasteiger partial charge in [-0.1, -0.05) is 47.5 Å². The monoisotopic (exact) mass is 360 g/mol. The third-order valence-corrected chi connectivity index (χ3v) is 3.89. The zero-order chi connectivity index (χ0) is 16.9. The molecule has 0 aliphatic carbocycles. The number of nitrogens with zero attached hydrogens (tertiary/aromatic N) is 3. The SMILES string of the molecule is O=C(NCc1cccc(Cn2cccn2)c1)c1nc(Cl)ccc1Cl. The highest BCUT2D eigenvalue weighted by Crippen LogP contribution is 2.17. The molecule has 3 aromatic rings. The number of pyridine rings is 1. The number of halogens is 2. The molecule has 2 aromatic heterocycles. The van der Waals surface area contributed by atoms with E-state index in [0.29, 0.717) is 13.1 Å². The van der Waals surface area contributed by atoms with Crippen LogP contribution in [0.15, 0.2) is 54.9 Å². The number of carbonyl (C=O) groups is 1. The number of hydrogen-bond acceptors (Lipinski definition) is 3. The second-order valence-electron chi connectivity index (χ2n) is 5.17. The fourth-order valence-corrected chi connectivity index (χ4v) is 2.60. The lowest BCUT2D eigenvalue weighted by Gasteiger charge is -2.08. The Morgan fingerprint density at radius 2 is 1.96 bits per heavy atom. The maximum absolute atomic E-state index is 12.2. The Morgan fingerprint density at radius 3 is 2.75 bits per heavy atom. The van der Waals surface area contributed by atoms with Crippen molar-refractivity contribution in [1.29, 1.82) is 0 Å². The Hall–Kier alpha value is -2.37. The summed E-state index contributed by atoms with van der Waals surface area (Å²) >= 11 is 11.8. The van der Waals surface area contributed by atoms with Crippen molar-refractivity contribution in [1.82, 2.24) is 20.1 Å². The zero-order valence-electron chi connectivity index (χ0n) is 12.6. The lowest BCUT2D eigenvalue weighted by atomic mass is 10.1. The summed E-state index contributed by atoms with van der Waals surface area (Å²) in [5, 5.41) is 7.48. The summed E-state index contributed by atoms with van der Waals surface area (Å²) < 4.78 is 1.84. The lowest BCUT2D eigenvalue weighted by molar-refractivity contribution is 0.0946. The van der Waals surface area contributed by atoms with E-state index >= 15 is 0 Å². The molecule has 2 heterocycles. The smallest absolute Gasteiger partial charge is 0.271 e. The molecule has 0 fully saturated rings. The number of nitrogens with one attached hydrogen (secondary N) is 1. The highest BCUT2D eigenvalue weighted by Gasteiger charge is 2.12. The fourth-order valence-electron chi connectivity index (χ4n) is 2.26. The van der Waals surface area contributed by atoms with Crippen LogP contribution in [0.25, 0.3) is 0 Å². The Labute approximate surface area is 149 Å². The molecule has 0 aliphatic rings. The Morgan fingerprint density at radius 1 is 1.12 bits per heavy atom. The van der Waals surface area contributed by atoms with Gasteiger partial charge in [0.05, 0.1) is 11.6 Å². The molecule has 7 heteroatoms. The van der Waals surface area contributed by atoms with E-state index in [1.807, 2.05) is 41.2 Å². The van der Waals surface area contributed by atoms with Crippen molar-refractivity contribution in [2.75, 3.05) is 0 Å². The van der Waals surface area contributed by atoms with E-state index in [1.165, 1.54) is 0 Å². The van der Waals surface area contributed by atoms with Crippen LogP contribution in [0.1, 0.15) is 21.6 Å². The third kappa shape index (κ3) is 4.13. The van der Waals surface area contributed by atoms with Gasteiger partial charge in [0.25, 0.3) is 5.91 Å². The van der Waals surface area contributed by atoms with Crippen LogP contribution in [0.2, 0.25) is 10.2 Å². The number of carbonyl (C=O) groups excluding carboxylic acids is 1. The minimum absolute atomic E-state index is 0.122. The van der Waals surface area contributed by atoms with Crippen LogP contribution in [0, 0.1) is 0 Å². The van der Waals surface area contributed by atoms with Gasteiger partial charge in [0.15, 0.2) is 0 Å². The van der Waals surface area contributed by atoms with E-state index in [2.05, 4.69) is 15.4 Å². The van der Waals surface area contributed by atoms with Gasteiger partial charge in [-0.25, -0.2) is 4.98 Å². The second kappa shape index (κ2) is 7.47. The molecule has 0 bridgehead atoms. The average molecular weight is 361 g/mol. The number of aromatic nitrogens is 3. The third-order valence-electron chi connectivity index (χ3n) is 3.38. The molecular weight excluding hydrogens is 347 g/mol. The molecule has 122 valence electrons. The lowest BCUT2D eigenvalue weighted by Crippen LogP contribution is -2.24. The van der Waals surface area contributed by atoms with Gasteiger partial charge in [-0.05, 0) is 29.3 Å². The molecule has 0 spiro atoms. The topological polar surface area (TPSA) is 59.8 Å². The van der Waals surface area contributed by atoms with Gasteiger partial charge in [0, 0.05) is 18.9 Å². The van der Waals surface area contributed by atoms with Gasteiger partial charge in [0.1, 0.15) is 10.8 Å².